The van der Waals surface area contributed by atoms with Gasteiger partial charge in [0.1, 0.15) is 0 Å². The molecule has 4 aromatic rings. The van der Waals surface area contributed by atoms with E-state index < -0.39 is 0 Å². The first-order valence-electron chi connectivity index (χ1n) is 11.4. The summed E-state index contributed by atoms with van der Waals surface area (Å²) in [5, 5.41) is 2.98. The van der Waals surface area contributed by atoms with Crippen LogP contribution in [0.2, 0.25) is 0 Å². The zero-order valence-corrected chi connectivity index (χ0v) is 18.7. The number of carbonyl (C=O) groups is 1. The Balaban J connectivity index is 1.42. The molecule has 1 amide bonds. The topological polar surface area (TPSA) is 57.8 Å². The van der Waals surface area contributed by atoms with Gasteiger partial charge >= 0.3 is 0 Å². The van der Waals surface area contributed by atoms with Crippen LogP contribution in [0.15, 0.2) is 116 Å². The van der Waals surface area contributed by atoms with E-state index in [1.165, 1.54) is 0 Å². The molecule has 5 rings (SSSR count). The molecule has 4 heteroatoms. The van der Waals surface area contributed by atoms with Gasteiger partial charge in [0.05, 0.1) is 5.69 Å². The number of aromatic nitrogens is 2. The second-order valence-electron chi connectivity index (χ2n) is 8.14. The van der Waals surface area contributed by atoms with Crippen LogP contribution in [0, 0.1) is 0 Å². The SMILES string of the molecule is O=C(NCc1ccccc1)c1ccc(-c2cc(-c3ccncc3)c(C3=CC=CCC=C3)[nH]2)cc1. The van der Waals surface area contributed by atoms with E-state index in [2.05, 4.69) is 51.7 Å². The lowest BCUT2D eigenvalue weighted by molar-refractivity contribution is 0.0951. The van der Waals surface area contributed by atoms with Gasteiger partial charge in [-0.3, -0.25) is 9.78 Å². The van der Waals surface area contributed by atoms with Crippen LogP contribution in [0.25, 0.3) is 28.0 Å². The molecule has 2 aromatic heterocycles. The smallest absolute Gasteiger partial charge is 0.251 e. The number of benzene rings is 2. The van der Waals surface area contributed by atoms with Crippen LogP contribution >= 0.6 is 0 Å². The number of amides is 1. The van der Waals surface area contributed by atoms with Crippen LogP contribution < -0.4 is 5.32 Å². The quantitative estimate of drug-likeness (QED) is 0.354. The molecule has 1 aliphatic carbocycles. The Labute approximate surface area is 199 Å². The Morgan fingerprint density at radius 2 is 1.71 bits per heavy atom. The Morgan fingerprint density at radius 3 is 2.50 bits per heavy atom. The van der Waals surface area contributed by atoms with Crippen LogP contribution in [0.4, 0.5) is 0 Å². The molecular weight excluding hydrogens is 418 g/mol. The molecule has 0 unspecified atom stereocenters. The van der Waals surface area contributed by atoms with Crippen LogP contribution in [-0.4, -0.2) is 15.9 Å². The number of carbonyl (C=O) groups excluding carboxylic acids is 1. The third-order valence-corrected chi connectivity index (χ3v) is 5.83. The lowest BCUT2D eigenvalue weighted by atomic mass is 10.0. The predicted molar refractivity (Wildman–Crippen MR) is 138 cm³/mol. The third kappa shape index (κ3) is 4.81. The van der Waals surface area contributed by atoms with Crippen molar-refractivity contribution in [2.45, 2.75) is 13.0 Å². The summed E-state index contributed by atoms with van der Waals surface area (Å²) in [6.07, 6.45) is 15.2. The molecule has 0 spiro atoms. The Kier molecular flexibility index (Phi) is 6.30. The van der Waals surface area contributed by atoms with Gasteiger partial charge in [-0.2, -0.15) is 0 Å². The minimum Gasteiger partial charge on any atom is -0.354 e. The first-order valence-corrected chi connectivity index (χ1v) is 11.4. The summed E-state index contributed by atoms with van der Waals surface area (Å²) >= 11 is 0. The van der Waals surface area contributed by atoms with Gasteiger partial charge in [0.25, 0.3) is 5.91 Å². The molecule has 2 heterocycles. The summed E-state index contributed by atoms with van der Waals surface area (Å²) in [5.41, 5.74) is 8.15. The summed E-state index contributed by atoms with van der Waals surface area (Å²) in [4.78, 5) is 20.4. The minimum atomic E-state index is -0.0828. The number of allylic oxidation sites excluding steroid dienone is 6. The van der Waals surface area contributed by atoms with E-state index in [4.69, 9.17) is 0 Å². The highest BCUT2D eigenvalue weighted by molar-refractivity contribution is 5.95. The van der Waals surface area contributed by atoms with E-state index in [1.54, 1.807) is 0 Å². The highest BCUT2D eigenvalue weighted by Gasteiger charge is 2.15. The Morgan fingerprint density at radius 1 is 0.912 bits per heavy atom. The predicted octanol–water partition coefficient (Wildman–Crippen LogP) is 6.57. The summed E-state index contributed by atoms with van der Waals surface area (Å²) in [5.74, 6) is -0.0828. The molecule has 34 heavy (non-hydrogen) atoms. The molecule has 166 valence electrons. The second kappa shape index (κ2) is 10.0. The van der Waals surface area contributed by atoms with Gasteiger partial charge in [-0.25, -0.2) is 0 Å². The van der Waals surface area contributed by atoms with E-state index in [1.807, 2.05) is 79.1 Å². The number of hydrogen-bond donors (Lipinski definition) is 2. The van der Waals surface area contributed by atoms with Crippen molar-refractivity contribution in [3.63, 3.8) is 0 Å². The number of rotatable bonds is 6. The molecule has 0 aliphatic heterocycles. The molecule has 0 fully saturated rings. The largest absolute Gasteiger partial charge is 0.354 e. The van der Waals surface area contributed by atoms with Crippen molar-refractivity contribution in [1.29, 1.82) is 0 Å². The average molecular weight is 444 g/mol. The lowest BCUT2D eigenvalue weighted by Gasteiger charge is -2.06. The highest BCUT2D eigenvalue weighted by atomic mass is 16.1. The van der Waals surface area contributed by atoms with Gasteiger partial charge in [0.15, 0.2) is 0 Å². The number of pyridine rings is 1. The first-order chi connectivity index (χ1) is 16.8. The fourth-order valence-electron chi connectivity index (χ4n) is 4.02. The molecule has 2 N–H and O–H groups in total. The normalized spacial score (nSPS) is 12.8. The molecule has 2 aromatic carbocycles. The molecular formula is C30H25N3O. The zero-order valence-electron chi connectivity index (χ0n) is 18.7. The van der Waals surface area contributed by atoms with E-state index in [9.17, 15) is 4.79 Å². The minimum absolute atomic E-state index is 0.0828. The molecule has 1 aliphatic rings. The van der Waals surface area contributed by atoms with Crippen molar-refractivity contribution in [3.8, 4) is 22.4 Å². The van der Waals surface area contributed by atoms with E-state index in [0.29, 0.717) is 12.1 Å². The zero-order chi connectivity index (χ0) is 23.2. The Hall–Kier alpha value is -4.44. The fourth-order valence-corrected chi connectivity index (χ4v) is 4.02. The van der Waals surface area contributed by atoms with Gasteiger partial charge in [0.2, 0.25) is 0 Å². The van der Waals surface area contributed by atoms with Crippen LogP contribution in [0.1, 0.15) is 28.0 Å². The van der Waals surface area contributed by atoms with Gasteiger partial charge < -0.3 is 10.3 Å². The van der Waals surface area contributed by atoms with Gasteiger partial charge in [0, 0.05) is 35.8 Å². The van der Waals surface area contributed by atoms with Gasteiger partial charge in [-0.05, 0) is 59.0 Å². The van der Waals surface area contributed by atoms with Gasteiger partial charge in [-0.1, -0.05) is 72.8 Å². The number of hydrogen-bond acceptors (Lipinski definition) is 2. The molecule has 0 saturated heterocycles. The van der Waals surface area contributed by atoms with Crippen molar-refractivity contribution < 1.29 is 4.79 Å². The monoisotopic (exact) mass is 443 g/mol. The van der Waals surface area contributed by atoms with Crippen LogP contribution in [0.5, 0.6) is 0 Å². The standard InChI is InChI=1S/C30H25N3O/c34-30(32-21-22-8-4-3-5-9-22)26-14-12-24(13-15-26)28-20-27(23-16-18-31-19-17-23)29(33-28)25-10-6-1-2-7-11-25/h1,3-20,33H,2,21H2,(H,32,34). The van der Waals surface area contributed by atoms with Crippen molar-refractivity contribution in [2.75, 3.05) is 0 Å². The first kappa shape index (κ1) is 21.4. The summed E-state index contributed by atoms with van der Waals surface area (Å²) in [6, 6.07) is 23.8. The van der Waals surface area contributed by atoms with Crippen LogP contribution in [0.3, 0.4) is 0 Å². The maximum atomic E-state index is 12.6. The van der Waals surface area contributed by atoms with Crippen molar-refractivity contribution in [2.24, 2.45) is 0 Å². The van der Waals surface area contributed by atoms with Crippen LogP contribution in [-0.2, 0) is 6.54 Å². The molecule has 0 radical (unpaired) electrons. The van der Waals surface area contributed by atoms with E-state index >= 15 is 0 Å². The number of aromatic amines is 1. The maximum Gasteiger partial charge on any atom is 0.251 e. The molecule has 4 nitrogen and oxygen atoms in total. The van der Waals surface area contributed by atoms with E-state index in [-0.39, 0.29) is 5.91 Å². The van der Waals surface area contributed by atoms with Gasteiger partial charge in [-0.15, -0.1) is 0 Å². The summed E-state index contributed by atoms with van der Waals surface area (Å²) < 4.78 is 0. The maximum absolute atomic E-state index is 12.6. The van der Waals surface area contributed by atoms with Crippen molar-refractivity contribution >= 4 is 11.5 Å². The molecule has 0 bridgehead atoms. The number of H-pyrrole nitrogens is 1. The summed E-state index contributed by atoms with van der Waals surface area (Å²) in [6.45, 7) is 0.508. The average Bonchev–Trinajstić information content (AvgIpc) is 3.16. The lowest BCUT2D eigenvalue weighted by Crippen LogP contribution is -2.22. The second-order valence-corrected chi connectivity index (χ2v) is 8.14. The van der Waals surface area contributed by atoms with Crippen molar-refractivity contribution in [3.05, 3.63) is 132 Å². The fraction of sp³-hybridized carbons (Fsp3) is 0.0667. The highest BCUT2D eigenvalue weighted by Crippen LogP contribution is 2.34. The Bertz CT molecular complexity index is 1360. The van der Waals surface area contributed by atoms with E-state index in [0.717, 1.165) is 45.6 Å². The molecule has 0 atom stereocenters. The molecule has 0 saturated carbocycles. The van der Waals surface area contributed by atoms with Crippen molar-refractivity contribution in [1.82, 2.24) is 15.3 Å². The number of nitrogens with one attached hydrogen (secondary N) is 2. The summed E-state index contributed by atoms with van der Waals surface area (Å²) in [7, 11) is 0. The number of nitrogens with zero attached hydrogens (tertiary/aromatic N) is 1. The third-order valence-electron chi connectivity index (χ3n) is 5.83.